The van der Waals surface area contributed by atoms with Crippen LogP contribution in [-0.4, -0.2) is 43.3 Å². The molecule has 118 valence electrons. The van der Waals surface area contributed by atoms with E-state index < -0.39 is 0 Å². The molecule has 0 saturated carbocycles. The monoisotopic (exact) mass is 300 g/mol. The largest absolute Gasteiger partial charge is 0.385 e. The summed E-state index contributed by atoms with van der Waals surface area (Å²) < 4.78 is 5.11. The molecule has 0 atom stereocenters. The molecule has 1 fully saturated rings. The van der Waals surface area contributed by atoms with Crippen molar-refractivity contribution in [3.8, 4) is 0 Å². The summed E-state index contributed by atoms with van der Waals surface area (Å²) >= 11 is 0. The molecule has 2 aromatic rings. The number of piperidine rings is 1. The van der Waals surface area contributed by atoms with Crippen molar-refractivity contribution in [2.75, 3.05) is 43.6 Å². The van der Waals surface area contributed by atoms with E-state index in [2.05, 4.69) is 22.3 Å². The molecule has 0 spiro atoms. The van der Waals surface area contributed by atoms with E-state index in [4.69, 9.17) is 14.7 Å². The molecule has 1 aliphatic heterocycles. The average Bonchev–Trinajstić information content (AvgIpc) is 2.59. The smallest absolute Gasteiger partial charge is 0.227 e. The Bertz CT molecular complexity index is 611. The van der Waals surface area contributed by atoms with Crippen molar-refractivity contribution >= 4 is 22.7 Å². The van der Waals surface area contributed by atoms with Crippen LogP contribution in [-0.2, 0) is 4.74 Å². The average molecular weight is 300 g/mol. The lowest BCUT2D eigenvalue weighted by atomic mass is 10.1. The van der Waals surface area contributed by atoms with Gasteiger partial charge in [-0.05, 0) is 37.8 Å². The molecule has 1 N–H and O–H groups in total. The first-order valence-corrected chi connectivity index (χ1v) is 8.13. The summed E-state index contributed by atoms with van der Waals surface area (Å²) in [5, 5.41) is 4.53. The van der Waals surface area contributed by atoms with E-state index in [1.807, 2.05) is 12.1 Å². The molecule has 3 rings (SSSR count). The van der Waals surface area contributed by atoms with Crippen LogP contribution in [0.4, 0.5) is 11.8 Å². The second-order valence-corrected chi connectivity index (χ2v) is 5.71. The molecule has 2 heterocycles. The molecule has 1 aromatic heterocycles. The summed E-state index contributed by atoms with van der Waals surface area (Å²) in [5.74, 6) is 1.79. The van der Waals surface area contributed by atoms with Crippen LogP contribution in [0.2, 0.25) is 0 Å². The number of hydrogen-bond donors (Lipinski definition) is 1. The predicted octanol–water partition coefficient (Wildman–Crippen LogP) is 3.07. The topological polar surface area (TPSA) is 50.3 Å². The second kappa shape index (κ2) is 7.40. The summed E-state index contributed by atoms with van der Waals surface area (Å²) in [6.07, 6.45) is 4.74. The number of rotatable bonds is 6. The maximum absolute atomic E-state index is 5.11. The van der Waals surface area contributed by atoms with Crippen LogP contribution in [0.1, 0.15) is 25.7 Å². The second-order valence-electron chi connectivity index (χ2n) is 5.71. The molecule has 0 aliphatic carbocycles. The van der Waals surface area contributed by atoms with Gasteiger partial charge in [0.1, 0.15) is 5.82 Å². The zero-order valence-corrected chi connectivity index (χ0v) is 13.2. The van der Waals surface area contributed by atoms with Crippen molar-refractivity contribution in [2.45, 2.75) is 25.7 Å². The number of aromatic nitrogens is 2. The molecule has 22 heavy (non-hydrogen) atoms. The van der Waals surface area contributed by atoms with E-state index >= 15 is 0 Å². The van der Waals surface area contributed by atoms with Gasteiger partial charge in [0, 0.05) is 38.7 Å². The molecular formula is C17H24N4O. The van der Waals surface area contributed by atoms with Crippen LogP contribution < -0.4 is 10.2 Å². The maximum atomic E-state index is 5.11. The minimum Gasteiger partial charge on any atom is -0.385 e. The van der Waals surface area contributed by atoms with Crippen molar-refractivity contribution in [2.24, 2.45) is 0 Å². The summed E-state index contributed by atoms with van der Waals surface area (Å²) in [5.41, 5.74) is 1.01. The number of para-hydroxylation sites is 1. The highest BCUT2D eigenvalue weighted by molar-refractivity contribution is 5.90. The fourth-order valence-corrected chi connectivity index (χ4v) is 2.86. The summed E-state index contributed by atoms with van der Waals surface area (Å²) in [4.78, 5) is 11.8. The summed E-state index contributed by atoms with van der Waals surface area (Å²) in [6, 6.07) is 8.20. The first-order chi connectivity index (χ1) is 10.9. The van der Waals surface area contributed by atoms with Crippen molar-refractivity contribution in [3.63, 3.8) is 0 Å². The minimum absolute atomic E-state index is 0.759. The Hall–Kier alpha value is -1.88. The fraction of sp³-hybridized carbons (Fsp3) is 0.529. The number of nitrogens with one attached hydrogen (secondary N) is 1. The number of fused-ring (bicyclic) bond motifs is 1. The third kappa shape index (κ3) is 3.47. The van der Waals surface area contributed by atoms with Crippen LogP contribution in [0, 0.1) is 0 Å². The zero-order valence-electron chi connectivity index (χ0n) is 13.2. The van der Waals surface area contributed by atoms with Gasteiger partial charge >= 0.3 is 0 Å². The SMILES string of the molecule is COCCCNc1nc(N2CCCCC2)nc2ccccc12. The fourth-order valence-electron chi connectivity index (χ4n) is 2.86. The third-order valence-corrected chi connectivity index (χ3v) is 4.05. The van der Waals surface area contributed by atoms with Gasteiger partial charge in [0.15, 0.2) is 0 Å². The van der Waals surface area contributed by atoms with Gasteiger partial charge in [-0.1, -0.05) is 12.1 Å². The van der Waals surface area contributed by atoms with Crippen molar-refractivity contribution in [1.82, 2.24) is 9.97 Å². The number of benzene rings is 1. The molecule has 1 saturated heterocycles. The van der Waals surface area contributed by atoms with Gasteiger partial charge in [0.25, 0.3) is 0 Å². The highest BCUT2D eigenvalue weighted by atomic mass is 16.5. The predicted molar refractivity (Wildman–Crippen MR) is 90.6 cm³/mol. The Labute approximate surface area is 131 Å². The zero-order chi connectivity index (χ0) is 15.2. The van der Waals surface area contributed by atoms with Crippen LogP contribution in [0.5, 0.6) is 0 Å². The molecule has 0 unspecified atom stereocenters. The van der Waals surface area contributed by atoms with Crippen molar-refractivity contribution in [3.05, 3.63) is 24.3 Å². The molecule has 0 bridgehead atoms. The Kier molecular flexibility index (Phi) is 5.06. The lowest BCUT2D eigenvalue weighted by Crippen LogP contribution is -2.31. The van der Waals surface area contributed by atoms with E-state index in [1.165, 1.54) is 19.3 Å². The van der Waals surface area contributed by atoms with Gasteiger partial charge in [0.05, 0.1) is 5.52 Å². The normalized spacial score (nSPS) is 15.2. The van der Waals surface area contributed by atoms with Gasteiger partial charge in [-0.2, -0.15) is 4.98 Å². The maximum Gasteiger partial charge on any atom is 0.227 e. The molecule has 5 heteroatoms. The quantitative estimate of drug-likeness (QED) is 0.831. The number of hydrogen-bond acceptors (Lipinski definition) is 5. The highest BCUT2D eigenvalue weighted by Crippen LogP contribution is 2.25. The van der Waals surface area contributed by atoms with E-state index in [0.29, 0.717) is 0 Å². The first-order valence-electron chi connectivity index (χ1n) is 8.13. The van der Waals surface area contributed by atoms with Crippen LogP contribution in [0.25, 0.3) is 10.9 Å². The Morgan fingerprint density at radius 2 is 1.95 bits per heavy atom. The summed E-state index contributed by atoms with van der Waals surface area (Å²) in [7, 11) is 1.73. The van der Waals surface area contributed by atoms with Crippen LogP contribution in [0.3, 0.4) is 0 Å². The molecule has 5 nitrogen and oxygen atoms in total. The Morgan fingerprint density at radius 3 is 2.77 bits per heavy atom. The first kappa shape index (κ1) is 15.0. The van der Waals surface area contributed by atoms with Gasteiger partial charge < -0.3 is 15.0 Å². The Morgan fingerprint density at radius 1 is 1.14 bits per heavy atom. The van der Waals surface area contributed by atoms with Crippen molar-refractivity contribution in [1.29, 1.82) is 0 Å². The van der Waals surface area contributed by atoms with E-state index in [1.54, 1.807) is 7.11 Å². The number of anilines is 2. The van der Waals surface area contributed by atoms with Gasteiger partial charge in [-0.3, -0.25) is 0 Å². The number of ether oxygens (including phenoxy) is 1. The van der Waals surface area contributed by atoms with Crippen LogP contribution in [0.15, 0.2) is 24.3 Å². The van der Waals surface area contributed by atoms with Gasteiger partial charge in [-0.15, -0.1) is 0 Å². The summed E-state index contributed by atoms with van der Waals surface area (Å²) in [6.45, 7) is 3.73. The standard InChI is InChI=1S/C17H24N4O/c1-22-13-7-10-18-16-14-8-3-4-9-15(14)19-17(20-16)21-11-5-2-6-12-21/h3-4,8-9H,2,5-7,10-13H2,1H3,(H,18,19,20). The minimum atomic E-state index is 0.759. The van der Waals surface area contributed by atoms with Crippen molar-refractivity contribution < 1.29 is 4.74 Å². The molecule has 0 amide bonds. The van der Waals surface area contributed by atoms with Gasteiger partial charge in [-0.25, -0.2) is 4.98 Å². The highest BCUT2D eigenvalue weighted by Gasteiger charge is 2.16. The third-order valence-electron chi connectivity index (χ3n) is 4.05. The number of methoxy groups -OCH3 is 1. The van der Waals surface area contributed by atoms with Crippen LogP contribution >= 0.6 is 0 Å². The lowest BCUT2D eigenvalue weighted by Gasteiger charge is -2.27. The van der Waals surface area contributed by atoms with E-state index in [0.717, 1.165) is 55.3 Å². The molecule has 1 aromatic carbocycles. The van der Waals surface area contributed by atoms with E-state index in [-0.39, 0.29) is 0 Å². The van der Waals surface area contributed by atoms with E-state index in [9.17, 15) is 0 Å². The Balaban J connectivity index is 1.86. The molecule has 0 radical (unpaired) electrons. The number of nitrogens with zero attached hydrogens (tertiary/aromatic N) is 3. The molecular weight excluding hydrogens is 276 g/mol. The molecule has 1 aliphatic rings. The van der Waals surface area contributed by atoms with Gasteiger partial charge in [0.2, 0.25) is 5.95 Å². The lowest BCUT2D eigenvalue weighted by molar-refractivity contribution is 0.198.